The predicted molar refractivity (Wildman–Crippen MR) is 62.8 cm³/mol. The van der Waals surface area contributed by atoms with Gasteiger partial charge in [-0.25, -0.2) is 0 Å². The van der Waals surface area contributed by atoms with Crippen LogP contribution >= 0.6 is 15.9 Å². The molecule has 0 N–H and O–H groups in total. The summed E-state index contributed by atoms with van der Waals surface area (Å²) in [5.74, 6) is 0. The van der Waals surface area contributed by atoms with Gasteiger partial charge in [0.1, 0.15) is 0 Å². The summed E-state index contributed by atoms with van der Waals surface area (Å²) in [6.07, 6.45) is 2.40. The van der Waals surface area contributed by atoms with E-state index >= 15 is 0 Å². The molecular formula is C12H15BrO2. The first-order chi connectivity index (χ1) is 7.36. The molecule has 2 rings (SSSR count). The fraction of sp³-hybridized carbons (Fsp3) is 0.500. The van der Waals surface area contributed by atoms with Crippen LogP contribution in [0.1, 0.15) is 18.4 Å². The molecule has 0 radical (unpaired) electrons. The second-order valence-corrected chi connectivity index (χ2v) is 4.57. The fourth-order valence-corrected chi connectivity index (χ4v) is 2.06. The van der Waals surface area contributed by atoms with Crippen LogP contribution in [0.2, 0.25) is 0 Å². The zero-order valence-corrected chi connectivity index (χ0v) is 10.2. The van der Waals surface area contributed by atoms with Crippen molar-refractivity contribution >= 4 is 15.9 Å². The molecule has 0 unspecified atom stereocenters. The van der Waals surface area contributed by atoms with E-state index in [1.165, 1.54) is 5.56 Å². The molecule has 1 heterocycles. The summed E-state index contributed by atoms with van der Waals surface area (Å²) in [7, 11) is 0. The van der Waals surface area contributed by atoms with Crippen LogP contribution in [0.5, 0.6) is 0 Å². The standard InChI is InChI=1S/C12H15BrO2/c13-12-4-2-1-3-10(12)9-15-11-5-7-14-8-6-11/h1-4,11H,5-9H2. The van der Waals surface area contributed by atoms with Gasteiger partial charge in [0, 0.05) is 17.7 Å². The Hall–Kier alpha value is -0.380. The van der Waals surface area contributed by atoms with Crippen molar-refractivity contribution in [2.75, 3.05) is 13.2 Å². The Bertz CT molecular complexity index is 308. The zero-order chi connectivity index (χ0) is 10.5. The average Bonchev–Trinajstić information content (AvgIpc) is 2.29. The molecule has 1 saturated heterocycles. The van der Waals surface area contributed by atoms with E-state index in [0.717, 1.165) is 30.5 Å². The molecule has 1 fully saturated rings. The second-order valence-electron chi connectivity index (χ2n) is 3.71. The van der Waals surface area contributed by atoms with Gasteiger partial charge in [0.05, 0.1) is 12.7 Å². The maximum atomic E-state index is 5.84. The van der Waals surface area contributed by atoms with Crippen molar-refractivity contribution in [3.05, 3.63) is 34.3 Å². The molecule has 3 heteroatoms. The highest BCUT2D eigenvalue weighted by atomic mass is 79.9. The Kier molecular flexibility index (Phi) is 4.18. The molecule has 1 aromatic rings. The van der Waals surface area contributed by atoms with Crippen LogP contribution in [0.4, 0.5) is 0 Å². The van der Waals surface area contributed by atoms with Gasteiger partial charge >= 0.3 is 0 Å². The minimum Gasteiger partial charge on any atom is -0.381 e. The quantitative estimate of drug-likeness (QED) is 0.840. The van der Waals surface area contributed by atoms with E-state index in [1.54, 1.807) is 0 Å². The number of ether oxygens (including phenoxy) is 2. The number of halogens is 1. The van der Waals surface area contributed by atoms with Gasteiger partial charge in [-0.05, 0) is 24.5 Å². The summed E-state index contributed by atoms with van der Waals surface area (Å²) >= 11 is 3.52. The van der Waals surface area contributed by atoms with Crippen LogP contribution < -0.4 is 0 Å². The SMILES string of the molecule is Brc1ccccc1COC1CCOCC1. The first kappa shape index (κ1) is 11.1. The van der Waals surface area contributed by atoms with E-state index in [2.05, 4.69) is 22.0 Å². The van der Waals surface area contributed by atoms with Crippen molar-refractivity contribution in [3.8, 4) is 0 Å². The first-order valence-electron chi connectivity index (χ1n) is 5.29. The summed E-state index contributed by atoms with van der Waals surface area (Å²) < 4.78 is 12.2. The Balaban J connectivity index is 1.84. The topological polar surface area (TPSA) is 18.5 Å². The van der Waals surface area contributed by atoms with Crippen LogP contribution in [0.15, 0.2) is 28.7 Å². The van der Waals surface area contributed by atoms with Crippen LogP contribution in [-0.2, 0) is 16.1 Å². The van der Waals surface area contributed by atoms with Gasteiger partial charge in [0.25, 0.3) is 0 Å². The van der Waals surface area contributed by atoms with E-state index in [4.69, 9.17) is 9.47 Å². The lowest BCUT2D eigenvalue weighted by molar-refractivity contribution is -0.0392. The summed E-state index contributed by atoms with van der Waals surface area (Å²) in [4.78, 5) is 0. The predicted octanol–water partition coefficient (Wildman–Crippen LogP) is 3.14. The number of benzene rings is 1. The summed E-state index contributed by atoms with van der Waals surface area (Å²) in [6.45, 7) is 2.35. The van der Waals surface area contributed by atoms with E-state index in [-0.39, 0.29) is 0 Å². The molecule has 15 heavy (non-hydrogen) atoms. The van der Waals surface area contributed by atoms with Gasteiger partial charge in [0.2, 0.25) is 0 Å². The van der Waals surface area contributed by atoms with Crippen LogP contribution in [0.25, 0.3) is 0 Å². The molecule has 0 bridgehead atoms. The molecule has 1 aromatic carbocycles. The van der Waals surface area contributed by atoms with E-state index in [1.807, 2.05) is 18.2 Å². The number of rotatable bonds is 3. The monoisotopic (exact) mass is 270 g/mol. The first-order valence-corrected chi connectivity index (χ1v) is 6.08. The van der Waals surface area contributed by atoms with Crippen molar-refractivity contribution in [2.45, 2.75) is 25.6 Å². The summed E-state index contributed by atoms with van der Waals surface area (Å²) in [6, 6.07) is 8.18. The van der Waals surface area contributed by atoms with Gasteiger partial charge in [-0.2, -0.15) is 0 Å². The minimum atomic E-state index is 0.367. The molecular weight excluding hydrogens is 256 g/mol. The number of hydrogen-bond acceptors (Lipinski definition) is 2. The Labute approximate surface area is 98.7 Å². The smallest absolute Gasteiger partial charge is 0.0731 e. The molecule has 0 aliphatic carbocycles. The Morgan fingerprint density at radius 2 is 2.00 bits per heavy atom. The third kappa shape index (κ3) is 3.30. The molecule has 0 spiro atoms. The van der Waals surface area contributed by atoms with Crippen LogP contribution in [0, 0.1) is 0 Å². The van der Waals surface area contributed by atoms with Crippen molar-refractivity contribution < 1.29 is 9.47 Å². The number of hydrogen-bond donors (Lipinski definition) is 0. The Morgan fingerprint density at radius 3 is 2.73 bits per heavy atom. The lowest BCUT2D eigenvalue weighted by Gasteiger charge is -2.22. The molecule has 82 valence electrons. The summed E-state index contributed by atoms with van der Waals surface area (Å²) in [5.41, 5.74) is 1.21. The average molecular weight is 271 g/mol. The van der Waals surface area contributed by atoms with E-state index in [0.29, 0.717) is 12.7 Å². The largest absolute Gasteiger partial charge is 0.381 e. The zero-order valence-electron chi connectivity index (χ0n) is 8.62. The van der Waals surface area contributed by atoms with Gasteiger partial charge in [0.15, 0.2) is 0 Å². The van der Waals surface area contributed by atoms with Crippen LogP contribution in [-0.4, -0.2) is 19.3 Å². The van der Waals surface area contributed by atoms with Gasteiger partial charge in [-0.3, -0.25) is 0 Å². The van der Waals surface area contributed by atoms with Gasteiger partial charge in [-0.15, -0.1) is 0 Å². The maximum absolute atomic E-state index is 5.84. The highest BCUT2D eigenvalue weighted by Gasteiger charge is 2.14. The van der Waals surface area contributed by atoms with E-state index < -0.39 is 0 Å². The van der Waals surface area contributed by atoms with Crippen molar-refractivity contribution in [1.82, 2.24) is 0 Å². The minimum absolute atomic E-state index is 0.367. The van der Waals surface area contributed by atoms with Gasteiger partial charge in [-0.1, -0.05) is 34.1 Å². The molecule has 2 nitrogen and oxygen atoms in total. The summed E-state index contributed by atoms with van der Waals surface area (Å²) in [5, 5.41) is 0. The van der Waals surface area contributed by atoms with Crippen molar-refractivity contribution in [2.24, 2.45) is 0 Å². The highest BCUT2D eigenvalue weighted by Crippen LogP contribution is 2.19. The molecule has 0 saturated carbocycles. The van der Waals surface area contributed by atoms with Crippen molar-refractivity contribution in [1.29, 1.82) is 0 Å². The molecule has 0 aromatic heterocycles. The lowest BCUT2D eigenvalue weighted by Crippen LogP contribution is -2.23. The van der Waals surface area contributed by atoms with E-state index in [9.17, 15) is 0 Å². The normalized spacial score (nSPS) is 17.9. The molecule has 1 aliphatic heterocycles. The third-order valence-corrected chi connectivity index (χ3v) is 3.37. The second kappa shape index (κ2) is 5.64. The maximum Gasteiger partial charge on any atom is 0.0731 e. The van der Waals surface area contributed by atoms with Gasteiger partial charge < -0.3 is 9.47 Å². The molecule has 0 atom stereocenters. The fourth-order valence-electron chi connectivity index (χ4n) is 1.67. The third-order valence-electron chi connectivity index (χ3n) is 2.60. The van der Waals surface area contributed by atoms with Crippen LogP contribution in [0.3, 0.4) is 0 Å². The Morgan fingerprint density at radius 1 is 1.27 bits per heavy atom. The lowest BCUT2D eigenvalue weighted by atomic mass is 10.1. The molecule has 0 amide bonds. The van der Waals surface area contributed by atoms with Crippen molar-refractivity contribution in [3.63, 3.8) is 0 Å². The molecule has 1 aliphatic rings. The highest BCUT2D eigenvalue weighted by molar-refractivity contribution is 9.10.